The molecule has 2 N–H and O–H groups in total. The van der Waals surface area contributed by atoms with Crippen LogP contribution in [-0.4, -0.2) is 40.3 Å². The highest BCUT2D eigenvalue weighted by Crippen LogP contribution is 2.09. The number of carbonyl (C=O) groups is 2. The molecular weight excluding hydrogens is 244 g/mol. The van der Waals surface area contributed by atoms with Gasteiger partial charge in [0.2, 0.25) is 11.8 Å². The first-order valence-corrected chi connectivity index (χ1v) is 5.98. The SMILES string of the molecule is CC(=O)N(C)CC(=O)NCc1nc2ccccc2[nH]1. The molecule has 6 heteroatoms. The summed E-state index contributed by atoms with van der Waals surface area (Å²) in [4.78, 5) is 31.4. The summed E-state index contributed by atoms with van der Waals surface area (Å²) in [7, 11) is 1.59. The summed E-state index contributed by atoms with van der Waals surface area (Å²) in [6.07, 6.45) is 0. The molecule has 0 unspecified atom stereocenters. The summed E-state index contributed by atoms with van der Waals surface area (Å²) < 4.78 is 0. The second-order valence-corrected chi connectivity index (χ2v) is 4.35. The minimum absolute atomic E-state index is 0.0512. The van der Waals surface area contributed by atoms with Crippen LogP contribution in [0.25, 0.3) is 11.0 Å². The molecule has 6 nitrogen and oxygen atoms in total. The number of benzene rings is 1. The highest BCUT2D eigenvalue weighted by molar-refractivity contribution is 5.83. The molecule has 0 aliphatic heterocycles. The number of likely N-dealkylation sites (N-methyl/N-ethyl adjacent to an activating group) is 1. The first kappa shape index (κ1) is 13.1. The van der Waals surface area contributed by atoms with Crippen molar-refractivity contribution >= 4 is 22.8 Å². The Morgan fingerprint density at radius 2 is 2.11 bits per heavy atom. The highest BCUT2D eigenvalue weighted by atomic mass is 16.2. The zero-order valence-electron chi connectivity index (χ0n) is 10.9. The minimum Gasteiger partial charge on any atom is -0.347 e. The summed E-state index contributed by atoms with van der Waals surface area (Å²) in [5.74, 6) is 0.345. The van der Waals surface area contributed by atoms with E-state index in [-0.39, 0.29) is 18.4 Å². The molecular formula is C13H16N4O2. The first-order valence-electron chi connectivity index (χ1n) is 5.98. The van der Waals surface area contributed by atoms with Crippen LogP contribution in [-0.2, 0) is 16.1 Å². The number of imidazole rings is 1. The van der Waals surface area contributed by atoms with Gasteiger partial charge < -0.3 is 15.2 Å². The van der Waals surface area contributed by atoms with Gasteiger partial charge in [0.05, 0.1) is 24.1 Å². The standard InChI is InChI=1S/C13H16N4O2/c1-9(18)17(2)8-13(19)14-7-12-15-10-5-3-4-6-11(10)16-12/h3-6H,7-8H2,1-2H3,(H,14,19)(H,15,16). The van der Waals surface area contributed by atoms with Gasteiger partial charge >= 0.3 is 0 Å². The maximum Gasteiger partial charge on any atom is 0.239 e. The predicted molar refractivity (Wildman–Crippen MR) is 71.3 cm³/mol. The van der Waals surface area contributed by atoms with E-state index in [0.717, 1.165) is 11.0 Å². The Morgan fingerprint density at radius 3 is 2.79 bits per heavy atom. The zero-order valence-corrected chi connectivity index (χ0v) is 10.9. The van der Waals surface area contributed by atoms with Gasteiger partial charge in [0.25, 0.3) is 0 Å². The Labute approximate surface area is 110 Å². The summed E-state index contributed by atoms with van der Waals surface area (Å²) in [6, 6.07) is 7.66. The van der Waals surface area contributed by atoms with E-state index in [0.29, 0.717) is 12.4 Å². The molecule has 1 aromatic carbocycles. The second-order valence-electron chi connectivity index (χ2n) is 4.35. The lowest BCUT2D eigenvalue weighted by Crippen LogP contribution is -2.37. The molecule has 2 aromatic rings. The number of amides is 2. The Morgan fingerprint density at radius 1 is 1.37 bits per heavy atom. The molecule has 1 aromatic heterocycles. The van der Waals surface area contributed by atoms with Gasteiger partial charge in [0.1, 0.15) is 5.82 Å². The lowest BCUT2D eigenvalue weighted by atomic mass is 10.3. The van der Waals surface area contributed by atoms with E-state index in [9.17, 15) is 9.59 Å². The van der Waals surface area contributed by atoms with Crippen LogP contribution in [0.1, 0.15) is 12.7 Å². The number of fused-ring (bicyclic) bond motifs is 1. The number of para-hydroxylation sites is 2. The van der Waals surface area contributed by atoms with E-state index in [1.807, 2.05) is 24.3 Å². The van der Waals surface area contributed by atoms with Crippen molar-refractivity contribution in [2.45, 2.75) is 13.5 Å². The number of carbonyl (C=O) groups excluding carboxylic acids is 2. The third kappa shape index (κ3) is 3.31. The quantitative estimate of drug-likeness (QED) is 0.847. The fourth-order valence-corrected chi connectivity index (χ4v) is 1.65. The lowest BCUT2D eigenvalue weighted by molar-refractivity contribution is -0.133. The molecule has 0 radical (unpaired) electrons. The zero-order chi connectivity index (χ0) is 13.8. The molecule has 2 amide bonds. The molecule has 0 saturated carbocycles. The van der Waals surface area contributed by atoms with Gasteiger partial charge in [-0.15, -0.1) is 0 Å². The van der Waals surface area contributed by atoms with E-state index in [1.54, 1.807) is 7.05 Å². The normalized spacial score (nSPS) is 10.4. The Kier molecular flexibility index (Phi) is 3.79. The van der Waals surface area contributed by atoms with Crippen molar-refractivity contribution in [2.24, 2.45) is 0 Å². The molecule has 0 aliphatic rings. The Balaban J connectivity index is 1.91. The summed E-state index contributed by atoms with van der Waals surface area (Å²) in [6.45, 7) is 1.79. The van der Waals surface area contributed by atoms with Crippen LogP contribution in [0.4, 0.5) is 0 Å². The van der Waals surface area contributed by atoms with Crippen molar-refractivity contribution < 1.29 is 9.59 Å². The van der Waals surface area contributed by atoms with E-state index in [1.165, 1.54) is 11.8 Å². The van der Waals surface area contributed by atoms with Crippen molar-refractivity contribution in [3.63, 3.8) is 0 Å². The number of H-pyrrole nitrogens is 1. The van der Waals surface area contributed by atoms with Gasteiger partial charge in [-0.3, -0.25) is 9.59 Å². The van der Waals surface area contributed by atoms with Gasteiger partial charge in [-0.25, -0.2) is 4.98 Å². The highest BCUT2D eigenvalue weighted by Gasteiger charge is 2.09. The van der Waals surface area contributed by atoms with Crippen molar-refractivity contribution in [3.8, 4) is 0 Å². The minimum atomic E-state index is -0.210. The third-order valence-corrected chi connectivity index (χ3v) is 2.81. The first-order chi connectivity index (χ1) is 9.06. The molecule has 0 saturated heterocycles. The number of nitrogens with one attached hydrogen (secondary N) is 2. The van der Waals surface area contributed by atoms with Gasteiger partial charge in [-0.1, -0.05) is 12.1 Å². The van der Waals surface area contributed by atoms with Crippen molar-refractivity contribution in [1.29, 1.82) is 0 Å². The third-order valence-electron chi connectivity index (χ3n) is 2.81. The fourth-order valence-electron chi connectivity index (χ4n) is 1.65. The van der Waals surface area contributed by atoms with Crippen LogP contribution < -0.4 is 5.32 Å². The Hall–Kier alpha value is -2.37. The molecule has 0 spiro atoms. The molecule has 0 fully saturated rings. The maximum atomic E-state index is 11.6. The topological polar surface area (TPSA) is 78.1 Å². The molecule has 0 aliphatic carbocycles. The van der Waals surface area contributed by atoms with Crippen molar-refractivity contribution in [1.82, 2.24) is 20.2 Å². The van der Waals surface area contributed by atoms with Gasteiger partial charge in [0, 0.05) is 14.0 Å². The summed E-state index contributed by atoms with van der Waals surface area (Å²) in [5, 5.41) is 2.72. The predicted octanol–water partition coefficient (Wildman–Crippen LogP) is 0.657. The van der Waals surface area contributed by atoms with E-state index in [4.69, 9.17) is 0 Å². The second kappa shape index (κ2) is 5.51. The lowest BCUT2D eigenvalue weighted by Gasteiger charge is -2.13. The molecule has 19 heavy (non-hydrogen) atoms. The largest absolute Gasteiger partial charge is 0.347 e. The maximum absolute atomic E-state index is 11.6. The summed E-state index contributed by atoms with van der Waals surface area (Å²) >= 11 is 0. The monoisotopic (exact) mass is 260 g/mol. The van der Waals surface area contributed by atoms with Crippen LogP contribution in [0.15, 0.2) is 24.3 Å². The number of nitrogens with zero attached hydrogens (tertiary/aromatic N) is 2. The number of aromatic amines is 1. The average molecular weight is 260 g/mol. The molecule has 0 bridgehead atoms. The molecule has 2 rings (SSSR count). The molecule has 0 atom stereocenters. The van der Waals surface area contributed by atoms with Crippen molar-refractivity contribution in [2.75, 3.05) is 13.6 Å². The van der Waals surface area contributed by atoms with Crippen LogP contribution in [0, 0.1) is 0 Å². The van der Waals surface area contributed by atoms with Crippen molar-refractivity contribution in [3.05, 3.63) is 30.1 Å². The summed E-state index contributed by atoms with van der Waals surface area (Å²) in [5.41, 5.74) is 1.81. The number of hydrogen-bond donors (Lipinski definition) is 2. The van der Waals surface area contributed by atoms with E-state index in [2.05, 4.69) is 15.3 Å². The number of aromatic nitrogens is 2. The number of rotatable bonds is 4. The van der Waals surface area contributed by atoms with Crippen LogP contribution in [0.5, 0.6) is 0 Å². The molecule has 100 valence electrons. The van der Waals surface area contributed by atoms with Gasteiger partial charge in [-0.05, 0) is 12.1 Å². The van der Waals surface area contributed by atoms with Gasteiger partial charge in [-0.2, -0.15) is 0 Å². The van der Waals surface area contributed by atoms with E-state index >= 15 is 0 Å². The van der Waals surface area contributed by atoms with Crippen LogP contribution in [0.2, 0.25) is 0 Å². The fraction of sp³-hybridized carbons (Fsp3) is 0.308. The number of hydrogen-bond acceptors (Lipinski definition) is 3. The molecule has 1 heterocycles. The Bertz CT molecular complexity index is 572. The average Bonchev–Trinajstić information content (AvgIpc) is 2.78. The van der Waals surface area contributed by atoms with Crippen LogP contribution >= 0.6 is 0 Å². The van der Waals surface area contributed by atoms with E-state index < -0.39 is 0 Å². The van der Waals surface area contributed by atoms with Gasteiger partial charge in [0.15, 0.2) is 0 Å². The van der Waals surface area contributed by atoms with Crippen LogP contribution in [0.3, 0.4) is 0 Å². The smallest absolute Gasteiger partial charge is 0.239 e.